The lowest BCUT2D eigenvalue weighted by molar-refractivity contribution is -0.134. The Bertz CT molecular complexity index is 817. The molecule has 0 aliphatic carbocycles. The van der Waals surface area contributed by atoms with Crippen LogP contribution < -0.4 is 10.2 Å². The van der Waals surface area contributed by atoms with Gasteiger partial charge in [-0.15, -0.1) is 0 Å². The second kappa shape index (κ2) is 8.82. The van der Waals surface area contributed by atoms with E-state index in [1.54, 1.807) is 24.5 Å². The number of hydrogen-bond acceptors (Lipinski definition) is 5. The Kier molecular flexibility index (Phi) is 6.23. The SMILES string of the molecule is Cc1cccc(C(=O)N[C@@H](C(=O)N2CCN(c3ncccn3)CC2)C(C)C)c1. The predicted octanol–water partition coefficient (Wildman–Crippen LogP) is 1.89. The highest BCUT2D eigenvalue weighted by atomic mass is 16.2. The minimum atomic E-state index is -0.549. The van der Waals surface area contributed by atoms with Gasteiger partial charge >= 0.3 is 0 Å². The van der Waals surface area contributed by atoms with Gasteiger partial charge in [0.05, 0.1) is 0 Å². The number of aryl methyl sites for hydroxylation is 1. The molecule has 1 aromatic heterocycles. The van der Waals surface area contributed by atoms with E-state index in [0.717, 1.165) is 5.56 Å². The van der Waals surface area contributed by atoms with Crippen LogP contribution >= 0.6 is 0 Å². The molecule has 7 nitrogen and oxygen atoms in total. The van der Waals surface area contributed by atoms with Crippen molar-refractivity contribution < 1.29 is 9.59 Å². The average Bonchev–Trinajstić information content (AvgIpc) is 2.72. The highest BCUT2D eigenvalue weighted by molar-refractivity contribution is 5.97. The van der Waals surface area contributed by atoms with Crippen LogP contribution in [0.3, 0.4) is 0 Å². The van der Waals surface area contributed by atoms with Gasteiger partial charge in [-0.05, 0) is 31.0 Å². The van der Waals surface area contributed by atoms with Gasteiger partial charge in [-0.1, -0.05) is 31.5 Å². The fourth-order valence-electron chi connectivity index (χ4n) is 3.30. The first-order chi connectivity index (χ1) is 13.5. The van der Waals surface area contributed by atoms with Gasteiger partial charge in [-0.25, -0.2) is 9.97 Å². The molecule has 148 valence electrons. The molecule has 2 aromatic rings. The molecule has 1 aromatic carbocycles. The van der Waals surface area contributed by atoms with Gasteiger partial charge in [0.15, 0.2) is 0 Å². The monoisotopic (exact) mass is 381 g/mol. The number of carbonyl (C=O) groups is 2. The van der Waals surface area contributed by atoms with E-state index >= 15 is 0 Å². The smallest absolute Gasteiger partial charge is 0.251 e. The van der Waals surface area contributed by atoms with Crippen LogP contribution in [0.15, 0.2) is 42.7 Å². The first-order valence-corrected chi connectivity index (χ1v) is 9.64. The molecule has 2 heterocycles. The maximum Gasteiger partial charge on any atom is 0.251 e. The summed E-state index contributed by atoms with van der Waals surface area (Å²) in [5.74, 6) is 0.427. The van der Waals surface area contributed by atoms with Crippen molar-refractivity contribution in [1.29, 1.82) is 0 Å². The zero-order valence-electron chi connectivity index (χ0n) is 16.6. The van der Waals surface area contributed by atoms with Gasteiger partial charge in [0.2, 0.25) is 11.9 Å². The summed E-state index contributed by atoms with van der Waals surface area (Å²) in [5, 5.41) is 2.93. The number of hydrogen-bond donors (Lipinski definition) is 1. The third-order valence-electron chi connectivity index (χ3n) is 4.93. The fraction of sp³-hybridized carbons (Fsp3) is 0.429. The third kappa shape index (κ3) is 4.65. The highest BCUT2D eigenvalue weighted by Gasteiger charge is 2.31. The molecule has 1 saturated heterocycles. The summed E-state index contributed by atoms with van der Waals surface area (Å²) in [7, 11) is 0. The van der Waals surface area contributed by atoms with Crippen LogP contribution in [-0.4, -0.2) is 58.9 Å². The summed E-state index contributed by atoms with van der Waals surface area (Å²) in [6.45, 7) is 8.36. The molecule has 0 saturated carbocycles. The summed E-state index contributed by atoms with van der Waals surface area (Å²) in [6, 6.07) is 8.62. The molecule has 1 fully saturated rings. The molecule has 0 spiro atoms. The van der Waals surface area contributed by atoms with E-state index in [9.17, 15) is 9.59 Å². The lowest BCUT2D eigenvalue weighted by Crippen LogP contribution is -2.56. The maximum atomic E-state index is 13.1. The third-order valence-corrected chi connectivity index (χ3v) is 4.93. The summed E-state index contributed by atoms with van der Waals surface area (Å²) in [5.41, 5.74) is 1.59. The number of carbonyl (C=O) groups excluding carboxylic acids is 2. The molecule has 2 amide bonds. The fourth-order valence-corrected chi connectivity index (χ4v) is 3.30. The zero-order valence-corrected chi connectivity index (χ0v) is 16.6. The van der Waals surface area contributed by atoms with Crippen molar-refractivity contribution >= 4 is 17.8 Å². The topological polar surface area (TPSA) is 78.4 Å². The van der Waals surface area contributed by atoms with Crippen molar-refractivity contribution in [1.82, 2.24) is 20.2 Å². The van der Waals surface area contributed by atoms with E-state index in [1.165, 1.54) is 0 Å². The van der Waals surface area contributed by atoms with Crippen LogP contribution in [-0.2, 0) is 4.79 Å². The van der Waals surface area contributed by atoms with E-state index in [1.807, 2.05) is 43.9 Å². The number of benzene rings is 1. The van der Waals surface area contributed by atoms with Crippen LogP contribution in [0.4, 0.5) is 5.95 Å². The summed E-state index contributed by atoms with van der Waals surface area (Å²) in [4.78, 5) is 38.1. The molecular weight excluding hydrogens is 354 g/mol. The lowest BCUT2D eigenvalue weighted by Gasteiger charge is -2.37. The zero-order chi connectivity index (χ0) is 20.1. The van der Waals surface area contributed by atoms with Crippen molar-refractivity contribution in [2.24, 2.45) is 5.92 Å². The number of aromatic nitrogens is 2. The van der Waals surface area contributed by atoms with Crippen LogP contribution in [0.2, 0.25) is 0 Å². The molecule has 0 bridgehead atoms. The number of nitrogens with zero attached hydrogens (tertiary/aromatic N) is 4. The van der Waals surface area contributed by atoms with Crippen molar-refractivity contribution in [3.8, 4) is 0 Å². The van der Waals surface area contributed by atoms with E-state index < -0.39 is 6.04 Å². The van der Waals surface area contributed by atoms with E-state index in [0.29, 0.717) is 37.7 Å². The number of amides is 2. The Morgan fingerprint density at radius 2 is 1.71 bits per heavy atom. The maximum absolute atomic E-state index is 13.1. The second-order valence-corrected chi connectivity index (χ2v) is 7.43. The molecule has 7 heteroatoms. The number of nitrogens with one attached hydrogen (secondary N) is 1. The van der Waals surface area contributed by atoms with Gasteiger partial charge in [0, 0.05) is 44.1 Å². The molecule has 3 rings (SSSR count). The Morgan fingerprint density at radius 1 is 1.04 bits per heavy atom. The standard InChI is InChI=1S/C21H27N5O2/c1-15(2)18(24-19(27)17-7-4-6-16(3)14-17)20(28)25-10-12-26(13-11-25)21-22-8-5-9-23-21/h4-9,14-15,18H,10-13H2,1-3H3,(H,24,27)/t18-/m1/s1. The number of piperazine rings is 1. The van der Waals surface area contributed by atoms with Crippen LogP contribution in [0.5, 0.6) is 0 Å². The van der Waals surface area contributed by atoms with Crippen molar-refractivity contribution in [2.75, 3.05) is 31.1 Å². The van der Waals surface area contributed by atoms with Gasteiger partial charge in [0.1, 0.15) is 6.04 Å². The van der Waals surface area contributed by atoms with E-state index in [-0.39, 0.29) is 17.7 Å². The van der Waals surface area contributed by atoms with Crippen LogP contribution in [0.1, 0.15) is 29.8 Å². The van der Waals surface area contributed by atoms with Crippen LogP contribution in [0.25, 0.3) is 0 Å². The Labute approximate surface area is 165 Å². The minimum Gasteiger partial charge on any atom is -0.340 e. The molecule has 1 aliphatic heterocycles. The van der Waals surface area contributed by atoms with Crippen molar-refractivity contribution in [3.05, 3.63) is 53.9 Å². The normalized spacial score (nSPS) is 15.4. The summed E-state index contributed by atoms with van der Waals surface area (Å²) < 4.78 is 0. The Balaban J connectivity index is 1.63. The molecule has 0 radical (unpaired) electrons. The van der Waals surface area contributed by atoms with E-state index in [4.69, 9.17) is 0 Å². The molecule has 1 aliphatic rings. The quantitative estimate of drug-likeness (QED) is 0.856. The predicted molar refractivity (Wildman–Crippen MR) is 108 cm³/mol. The molecule has 0 unspecified atom stereocenters. The first kappa shape index (κ1) is 19.8. The molecule has 1 N–H and O–H groups in total. The lowest BCUT2D eigenvalue weighted by atomic mass is 10.0. The molecule has 1 atom stereocenters. The van der Waals surface area contributed by atoms with Crippen LogP contribution in [0, 0.1) is 12.8 Å². The minimum absolute atomic E-state index is 0.00301. The van der Waals surface area contributed by atoms with Crippen molar-refractivity contribution in [2.45, 2.75) is 26.8 Å². The Morgan fingerprint density at radius 3 is 2.32 bits per heavy atom. The Hall–Kier alpha value is -2.96. The van der Waals surface area contributed by atoms with Gasteiger partial charge < -0.3 is 15.1 Å². The van der Waals surface area contributed by atoms with Gasteiger partial charge in [0.25, 0.3) is 5.91 Å². The largest absolute Gasteiger partial charge is 0.340 e. The van der Waals surface area contributed by atoms with Gasteiger partial charge in [-0.2, -0.15) is 0 Å². The second-order valence-electron chi connectivity index (χ2n) is 7.43. The average molecular weight is 381 g/mol. The number of anilines is 1. The number of rotatable bonds is 5. The molecular formula is C21H27N5O2. The molecule has 28 heavy (non-hydrogen) atoms. The summed E-state index contributed by atoms with van der Waals surface area (Å²) in [6.07, 6.45) is 3.44. The summed E-state index contributed by atoms with van der Waals surface area (Å²) >= 11 is 0. The van der Waals surface area contributed by atoms with Gasteiger partial charge in [-0.3, -0.25) is 9.59 Å². The van der Waals surface area contributed by atoms with Crippen molar-refractivity contribution in [3.63, 3.8) is 0 Å². The van der Waals surface area contributed by atoms with E-state index in [2.05, 4.69) is 20.2 Å². The first-order valence-electron chi connectivity index (χ1n) is 9.64. The highest BCUT2D eigenvalue weighted by Crippen LogP contribution is 2.14.